The second-order valence-electron chi connectivity index (χ2n) is 7.26. The van der Waals surface area contributed by atoms with Gasteiger partial charge in [0.2, 0.25) is 21.8 Å². The molecule has 3 aromatic rings. The highest BCUT2D eigenvalue weighted by Crippen LogP contribution is 2.25. The van der Waals surface area contributed by atoms with Crippen molar-refractivity contribution in [3.63, 3.8) is 0 Å². The van der Waals surface area contributed by atoms with Crippen molar-refractivity contribution in [2.75, 3.05) is 18.4 Å². The molecule has 0 spiro atoms. The van der Waals surface area contributed by atoms with Crippen LogP contribution in [0, 0.1) is 12.8 Å². The zero-order valence-electron chi connectivity index (χ0n) is 16.4. The van der Waals surface area contributed by atoms with Crippen molar-refractivity contribution < 1.29 is 17.6 Å². The zero-order valence-corrected chi connectivity index (χ0v) is 18.1. The van der Waals surface area contributed by atoms with E-state index in [1.165, 1.54) is 4.31 Å². The number of anilines is 1. The van der Waals surface area contributed by atoms with Gasteiger partial charge in [-0.1, -0.05) is 28.9 Å². The Balaban J connectivity index is 1.40. The molecule has 1 atom stereocenters. The number of aryl methyl sites for hydroxylation is 1. The number of hydrogen-bond donors (Lipinski definition) is 1. The fourth-order valence-electron chi connectivity index (χ4n) is 3.38. The van der Waals surface area contributed by atoms with E-state index in [0.29, 0.717) is 31.7 Å². The number of rotatable bonds is 6. The van der Waals surface area contributed by atoms with Gasteiger partial charge in [-0.25, -0.2) is 8.42 Å². The van der Waals surface area contributed by atoms with Crippen molar-refractivity contribution in [3.8, 4) is 0 Å². The molecular weight excluding hydrogens is 424 g/mol. The average Bonchev–Trinajstić information content (AvgIpc) is 3.41. The van der Waals surface area contributed by atoms with Crippen LogP contribution in [-0.2, 0) is 21.2 Å². The van der Waals surface area contributed by atoms with Gasteiger partial charge in [-0.2, -0.15) is 4.31 Å². The molecule has 30 heavy (non-hydrogen) atoms. The first-order chi connectivity index (χ1) is 14.4. The smallest absolute Gasteiger partial charge is 0.322 e. The van der Waals surface area contributed by atoms with E-state index in [-0.39, 0.29) is 23.4 Å². The molecule has 8 nitrogen and oxygen atoms in total. The lowest BCUT2D eigenvalue weighted by atomic mass is 9.99. The van der Waals surface area contributed by atoms with Crippen LogP contribution in [-0.4, -0.2) is 41.9 Å². The van der Waals surface area contributed by atoms with Crippen molar-refractivity contribution in [1.29, 1.82) is 0 Å². The Morgan fingerprint density at radius 3 is 2.80 bits per heavy atom. The highest BCUT2D eigenvalue weighted by Gasteiger charge is 2.33. The number of nitrogens with one attached hydrogen (secondary N) is 1. The van der Waals surface area contributed by atoms with Crippen molar-refractivity contribution in [2.45, 2.75) is 31.1 Å². The Kier molecular flexibility index (Phi) is 5.98. The number of benzene rings is 1. The Bertz CT molecular complexity index is 1110. The quantitative estimate of drug-likeness (QED) is 0.624. The molecule has 3 heterocycles. The van der Waals surface area contributed by atoms with E-state index in [2.05, 4.69) is 15.5 Å². The fourth-order valence-corrected chi connectivity index (χ4v) is 5.60. The lowest BCUT2D eigenvalue weighted by molar-refractivity contribution is -0.121. The number of carbonyl (C=O) groups is 1. The second kappa shape index (κ2) is 8.66. The molecule has 0 saturated carbocycles. The molecule has 1 amide bonds. The molecule has 0 radical (unpaired) electrons. The van der Waals surface area contributed by atoms with E-state index < -0.39 is 15.9 Å². The maximum Gasteiger partial charge on any atom is 0.322 e. The zero-order chi connectivity index (χ0) is 21.1. The standard InChI is InChI=1S/C20H22N4O4S2/c1-14-6-8-17(9-7-14)30(26,27)24-10-2-4-15(13-24)19(25)21-20-23-22-18(28-20)12-16-5-3-11-29-16/h3,5-9,11,15H,2,4,10,12-13H2,1H3,(H,21,23,25)/t15-/m1/s1. The lowest BCUT2D eigenvalue weighted by Crippen LogP contribution is -2.43. The number of amides is 1. The van der Waals surface area contributed by atoms with Crippen molar-refractivity contribution in [2.24, 2.45) is 5.92 Å². The molecule has 0 bridgehead atoms. The molecule has 1 aromatic carbocycles. The highest BCUT2D eigenvalue weighted by molar-refractivity contribution is 7.89. The van der Waals surface area contributed by atoms with Gasteiger partial charge >= 0.3 is 6.01 Å². The van der Waals surface area contributed by atoms with Crippen LogP contribution in [0.4, 0.5) is 6.01 Å². The number of thiophene rings is 1. The van der Waals surface area contributed by atoms with Crippen LogP contribution in [0.1, 0.15) is 29.2 Å². The van der Waals surface area contributed by atoms with Crippen LogP contribution in [0.5, 0.6) is 0 Å². The van der Waals surface area contributed by atoms with E-state index in [1.807, 2.05) is 24.4 Å². The minimum atomic E-state index is -3.64. The van der Waals surface area contributed by atoms with Crippen LogP contribution in [0.2, 0.25) is 0 Å². The van der Waals surface area contributed by atoms with Crippen LogP contribution in [0.3, 0.4) is 0 Å². The molecule has 1 aliphatic rings. The Morgan fingerprint density at radius 1 is 1.27 bits per heavy atom. The maximum absolute atomic E-state index is 12.9. The summed E-state index contributed by atoms with van der Waals surface area (Å²) in [5, 5.41) is 12.4. The van der Waals surface area contributed by atoms with Gasteiger partial charge in [0, 0.05) is 18.0 Å². The maximum atomic E-state index is 12.9. The van der Waals surface area contributed by atoms with Crippen LogP contribution in [0.15, 0.2) is 51.1 Å². The first-order valence-corrected chi connectivity index (χ1v) is 12.0. The van der Waals surface area contributed by atoms with E-state index in [9.17, 15) is 13.2 Å². The third-order valence-corrected chi connectivity index (χ3v) is 7.77. The average molecular weight is 447 g/mol. The molecule has 1 fully saturated rings. The third kappa shape index (κ3) is 4.61. The summed E-state index contributed by atoms with van der Waals surface area (Å²) in [5.74, 6) is -0.378. The van der Waals surface area contributed by atoms with Gasteiger partial charge in [0.05, 0.1) is 17.2 Å². The minimum Gasteiger partial charge on any atom is -0.407 e. The second-order valence-corrected chi connectivity index (χ2v) is 10.2. The summed E-state index contributed by atoms with van der Waals surface area (Å²) in [5.41, 5.74) is 0.989. The van der Waals surface area contributed by atoms with Crippen molar-refractivity contribution >= 4 is 33.3 Å². The molecule has 10 heteroatoms. The summed E-state index contributed by atoms with van der Waals surface area (Å²) in [6.45, 7) is 2.42. The van der Waals surface area contributed by atoms with Gasteiger partial charge in [-0.3, -0.25) is 10.1 Å². The van der Waals surface area contributed by atoms with Gasteiger partial charge in [0.15, 0.2) is 0 Å². The summed E-state index contributed by atoms with van der Waals surface area (Å²) in [7, 11) is -3.64. The number of piperidine rings is 1. The Labute approximate surface area is 179 Å². The van der Waals surface area contributed by atoms with E-state index in [0.717, 1.165) is 10.4 Å². The number of aromatic nitrogens is 2. The van der Waals surface area contributed by atoms with Crippen molar-refractivity contribution in [3.05, 3.63) is 58.1 Å². The lowest BCUT2D eigenvalue weighted by Gasteiger charge is -2.30. The van der Waals surface area contributed by atoms with Gasteiger partial charge in [0.1, 0.15) is 0 Å². The van der Waals surface area contributed by atoms with E-state index in [1.54, 1.807) is 35.6 Å². The predicted octanol–water partition coefficient (Wildman–Crippen LogP) is 3.07. The van der Waals surface area contributed by atoms with E-state index in [4.69, 9.17) is 4.42 Å². The predicted molar refractivity (Wildman–Crippen MR) is 113 cm³/mol. The number of nitrogens with zero attached hydrogens (tertiary/aromatic N) is 3. The molecule has 1 aliphatic heterocycles. The summed E-state index contributed by atoms with van der Waals surface area (Å²) in [6.07, 6.45) is 1.71. The topological polar surface area (TPSA) is 105 Å². The molecule has 2 aromatic heterocycles. The summed E-state index contributed by atoms with van der Waals surface area (Å²) >= 11 is 1.59. The largest absolute Gasteiger partial charge is 0.407 e. The molecular formula is C20H22N4O4S2. The Hall–Kier alpha value is -2.56. The Morgan fingerprint density at radius 2 is 2.07 bits per heavy atom. The van der Waals surface area contributed by atoms with Gasteiger partial charge in [0.25, 0.3) is 0 Å². The van der Waals surface area contributed by atoms with Gasteiger partial charge in [-0.15, -0.1) is 16.4 Å². The summed E-state index contributed by atoms with van der Waals surface area (Å²) in [4.78, 5) is 14.0. The highest BCUT2D eigenvalue weighted by atomic mass is 32.2. The summed E-state index contributed by atoms with van der Waals surface area (Å²) in [6, 6.07) is 10.7. The minimum absolute atomic E-state index is 0.0325. The van der Waals surface area contributed by atoms with Crippen LogP contribution in [0.25, 0.3) is 0 Å². The first-order valence-electron chi connectivity index (χ1n) is 9.64. The van der Waals surface area contributed by atoms with E-state index >= 15 is 0 Å². The summed E-state index contributed by atoms with van der Waals surface area (Å²) < 4.78 is 32.8. The van der Waals surface area contributed by atoms with Crippen LogP contribution < -0.4 is 5.32 Å². The number of sulfonamides is 1. The molecule has 1 N–H and O–H groups in total. The van der Waals surface area contributed by atoms with Gasteiger partial charge in [-0.05, 0) is 43.3 Å². The number of hydrogen-bond acceptors (Lipinski definition) is 7. The SMILES string of the molecule is Cc1ccc(S(=O)(=O)N2CCC[C@@H](C(=O)Nc3nnc(Cc4cccs4)o3)C2)cc1. The molecule has 0 unspecified atom stereocenters. The number of carbonyl (C=O) groups excluding carboxylic acids is 1. The molecule has 0 aliphatic carbocycles. The molecule has 158 valence electrons. The van der Waals surface area contributed by atoms with Crippen molar-refractivity contribution in [1.82, 2.24) is 14.5 Å². The molecule has 4 rings (SSSR count). The third-order valence-electron chi connectivity index (χ3n) is 5.02. The first kappa shape index (κ1) is 20.7. The monoisotopic (exact) mass is 446 g/mol. The fraction of sp³-hybridized carbons (Fsp3) is 0.350. The van der Waals surface area contributed by atoms with Gasteiger partial charge < -0.3 is 4.42 Å². The van der Waals surface area contributed by atoms with Crippen LogP contribution >= 0.6 is 11.3 Å². The molecule has 1 saturated heterocycles. The normalized spacial score (nSPS) is 17.7.